The molecule has 4 nitrogen and oxygen atoms in total. The van der Waals surface area contributed by atoms with Gasteiger partial charge in [-0.1, -0.05) is 12.6 Å². The van der Waals surface area contributed by atoms with Gasteiger partial charge >= 0.3 is 5.97 Å². The Bertz CT molecular complexity index is 437. The Kier molecular flexibility index (Phi) is 2.81. The van der Waals surface area contributed by atoms with Crippen LogP contribution in [-0.4, -0.2) is 24.3 Å². The van der Waals surface area contributed by atoms with E-state index in [0.717, 1.165) is 6.42 Å². The zero-order chi connectivity index (χ0) is 11.5. The second-order valence-corrected chi connectivity index (χ2v) is 3.50. The lowest BCUT2D eigenvalue weighted by molar-refractivity contribution is -0.130. The van der Waals surface area contributed by atoms with Crippen LogP contribution in [0.5, 0.6) is 11.5 Å². The number of hydrogen-bond acceptors (Lipinski definition) is 3. The van der Waals surface area contributed by atoms with Gasteiger partial charge < -0.3 is 14.6 Å². The molecular formula is C12H12O4. The van der Waals surface area contributed by atoms with Gasteiger partial charge in [0.25, 0.3) is 0 Å². The van der Waals surface area contributed by atoms with Crippen LogP contribution in [0.15, 0.2) is 24.8 Å². The van der Waals surface area contributed by atoms with Crippen molar-refractivity contribution in [2.75, 3.05) is 13.2 Å². The fraction of sp³-hybridized carbons (Fsp3) is 0.250. The van der Waals surface area contributed by atoms with Gasteiger partial charge in [-0.2, -0.15) is 0 Å². The number of fused-ring (bicyclic) bond motifs is 1. The van der Waals surface area contributed by atoms with Crippen LogP contribution in [-0.2, 0) is 4.79 Å². The van der Waals surface area contributed by atoms with Gasteiger partial charge in [-0.05, 0) is 17.7 Å². The van der Waals surface area contributed by atoms with E-state index in [-0.39, 0.29) is 5.57 Å². The van der Waals surface area contributed by atoms with Crippen molar-refractivity contribution in [3.05, 3.63) is 30.3 Å². The van der Waals surface area contributed by atoms with Crippen molar-refractivity contribution < 1.29 is 19.4 Å². The van der Waals surface area contributed by atoms with Crippen molar-refractivity contribution in [2.24, 2.45) is 0 Å². The molecule has 1 aromatic rings. The number of ether oxygens (including phenoxy) is 2. The molecule has 0 aliphatic carbocycles. The summed E-state index contributed by atoms with van der Waals surface area (Å²) in [6.45, 7) is 4.70. The first kappa shape index (κ1) is 10.5. The maximum atomic E-state index is 10.8. The van der Waals surface area contributed by atoms with E-state index >= 15 is 0 Å². The molecule has 0 radical (unpaired) electrons. The summed E-state index contributed by atoms with van der Waals surface area (Å²) in [6, 6.07) is 5.03. The number of carbonyl (C=O) groups is 1. The molecule has 4 heteroatoms. The highest BCUT2D eigenvalue weighted by molar-refractivity contribution is 6.14. The first-order valence-electron chi connectivity index (χ1n) is 5.00. The van der Waals surface area contributed by atoms with E-state index in [1.165, 1.54) is 0 Å². The number of aliphatic carboxylic acids is 1. The van der Waals surface area contributed by atoms with Gasteiger partial charge in [0, 0.05) is 6.42 Å². The summed E-state index contributed by atoms with van der Waals surface area (Å²) in [4.78, 5) is 10.8. The largest absolute Gasteiger partial charge is 0.490 e. The molecule has 1 aliphatic heterocycles. The predicted octanol–water partition coefficient (Wildman–Crippen LogP) is 1.95. The Hall–Kier alpha value is -1.97. The number of carboxylic acids is 1. The third-order valence-corrected chi connectivity index (χ3v) is 2.35. The molecular weight excluding hydrogens is 208 g/mol. The molecule has 0 fully saturated rings. The number of carboxylic acid groups (broad SMARTS) is 1. The molecule has 0 unspecified atom stereocenters. The predicted molar refractivity (Wildman–Crippen MR) is 58.7 cm³/mol. The van der Waals surface area contributed by atoms with Crippen LogP contribution < -0.4 is 9.47 Å². The average molecular weight is 220 g/mol. The first-order chi connectivity index (χ1) is 7.68. The molecule has 1 N–H and O–H groups in total. The maximum Gasteiger partial charge on any atom is 0.335 e. The van der Waals surface area contributed by atoms with Gasteiger partial charge in [0.2, 0.25) is 0 Å². The van der Waals surface area contributed by atoms with Gasteiger partial charge in [-0.3, -0.25) is 0 Å². The third-order valence-electron chi connectivity index (χ3n) is 2.35. The summed E-state index contributed by atoms with van der Waals surface area (Å²) in [5.74, 6) is 0.200. The van der Waals surface area contributed by atoms with E-state index in [4.69, 9.17) is 14.6 Å². The van der Waals surface area contributed by atoms with E-state index in [1.54, 1.807) is 18.2 Å². The van der Waals surface area contributed by atoms with Gasteiger partial charge in [-0.15, -0.1) is 0 Å². The zero-order valence-corrected chi connectivity index (χ0v) is 8.73. The Balaban J connectivity index is 2.34. The van der Waals surface area contributed by atoms with Gasteiger partial charge in [0.1, 0.15) is 0 Å². The number of benzene rings is 1. The Labute approximate surface area is 93.1 Å². The summed E-state index contributed by atoms with van der Waals surface area (Å²) in [5.41, 5.74) is 0.590. The lowest BCUT2D eigenvalue weighted by atomic mass is 10.1. The SMILES string of the molecule is C=C(C(=O)O)c1ccc2c(c1)OCCCO2. The highest BCUT2D eigenvalue weighted by Crippen LogP contribution is 2.32. The molecule has 0 saturated heterocycles. The third kappa shape index (κ3) is 2.00. The van der Waals surface area contributed by atoms with E-state index < -0.39 is 5.97 Å². The molecule has 0 spiro atoms. The minimum Gasteiger partial charge on any atom is -0.490 e. The fourth-order valence-electron chi connectivity index (χ4n) is 1.47. The molecule has 16 heavy (non-hydrogen) atoms. The minimum absolute atomic E-state index is 0.0515. The summed E-state index contributed by atoms with van der Waals surface area (Å²) >= 11 is 0. The topological polar surface area (TPSA) is 55.8 Å². The van der Waals surface area contributed by atoms with Crippen molar-refractivity contribution in [1.29, 1.82) is 0 Å². The van der Waals surface area contributed by atoms with E-state index in [1.807, 2.05) is 0 Å². The smallest absolute Gasteiger partial charge is 0.335 e. The normalized spacial score (nSPS) is 14.0. The van der Waals surface area contributed by atoms with E-state index in [2.05, 4.69) is 6.58 Å². The van der Waals surface area contributed by atoms with Gasteiger partial charge in [-0.25, -0.2) is 4.79 Å². The van der Waals surface area contributed by atoms with Gasteiger partial charge in [0.15, 0.2) is 11.5 Å². The van der Waals surface area contributed by atoms with Crippen molar-refractivity contribution in [2.45, 2.75) is 6.42 Å². The Morgan fingerprint density at radius 2 is 1.94 bits per heavy atom. The van der Waals surface area contributed by atoms with Crippen molar-refractivity contribution >= 4 is 11.5 Å². The van der Waals surface area contributed by atoms with Crippen LogP contribution in [0.1, 0.15) is 12.0 Å². The zero-order valence-electron chi connectivity index (χ0n) is 8.73. The molecule has 0 aromatic heterocycles. The molecule has 2 rings (SSSR count). The van der Waals surface area contributed by atoms with E-state index in [0.29, 0.717) is 30.3 Å². The van der Waals surface area contributed by atoms with Crippen LogP contribution in [0.4, 0.5) is 0 Å². The molecule has 0 atom stereocenters. The molecule has 1 aliphatic rings. The summed E-state index contributed by atoms with van der Waals surface area (Å²) in [5, 5.41) is 8.82. The highest BCUT2D eigenvalue weighted by atomic mass is 16.5. The van der Waals surface area contributed by atoms with Crippen molar-refractivity contribution in [3.63, 3.8) is 0 Å². The quantitative estimate of drug-likeness (QED) is 0.774. The lowest BCUT2D eigenvalue weighted by Gasteiger charge is -2.09. The van der Waals surface area contributed by atoms with Crippen molar-refractivity contribution in [1.82, 2.24) is 0 Å². The molecule has 0 saturated carbocycles. The van der Waals surface area contributed by atoms with Crippen LogP contribution in [0.3, 0.4) is 0 Å². The number of rotatable bonds is 2. The monoisotopic (exact) mass is 220 g/mol. The average Bonchev–Trinajstić information content (AvgIpc) is 2.51. The summed E-state index contributed by atoms with van der Waals surface area (Å²) in [6.07, 6.45) is 0.823. The minimum atomic E-state index is -1.03. The van der Waals surface area contributed by atoms with Crippen LogP contribution in [0.2, 0.25) is 0 Å². The maximum absolute atomic E-state index is 10.8. The van der Waals surface area contributed by atoms with Crippen LogP contribution >= 0.6 is 0 Å². The number of hydrogen-bond donors (Lipinski definition) is 1. The highest BCUT2D eigenvalue weighted by Gasteiger charge is 2.14. The molecule has 0 bridgehead atoms. The summed E-state index contributed by atoms with van der Waals surface area (Å²) in [7, 11) is 0. The first-order valence-corrected chi connectivity index (χ1v) is 5.00. The van der Waals surface area contributed by atoms with Crippen molar-refractivity contribution in [3.8, 4) is 11.5 Å². The van der Waals surface area contributed by atoms with E-state index in [9.17, 15) is 4.79 Å². The summed E-state index contributed by atoms with van der Waals surface area (Å²) < 4.78 is 10.9. The second kappa shape index (κ2) is 4.26. The Morgan fingerprint density at radius 1 is 1.25 bits per heavy atom. The lowest BCUT2D eigenvalue weighted by Crippen LogP contribution is -1.99. The molecule has 0 amide bonds. The second-order valence-electron chi connectivity index (χ2n) is 3.50. The standard InChI is InChI=1S/C12H12O4/c1-8(12(13)14)9-3-4-10-11(7-9)16-6-2-5-15-10/h3-4,7H,1-2,5-6H2,(H,13,14). The molecule has 1 aromatic carbocycles. The van der Waals surface area contributed by atoms with Gasteiger partial charge in [0.05, 0.1) is 18.8 Å². The fourth-order valence-corrected chi connectivity index (χ4v) is 1.47. The van der Waals surface area contributed by atoms with Crippen LogP contribution in [0, 0.1) is 0 Å². The van der Waals surface area contributed by atoms with Crippen LogP contribution in [0.25, 0.3) is 5.57 Å². The molecule has 1 heterocycles. The Morgan fingerprint density at radius 3 is 2.62 bits per heavy atom. The molecule has 84 valence electrons.